The summed E-state index contributed by atoms with van der Waals surface area (Å²) in [6.07, 6.45) is -3.44. The Morgan fingerprint density at radius 3 is 1.66 bits per heavy atom. The van der Waals surface area contributed by atoms with Gasteiger partial charge in [0.05, 0.1) is 0 Å². The molecule has 3 aromatic rings. The summed E-state index contributed by atoms with van der Waals surface area (Å²) in [5.41, 5.74) is 1.68. The molecule has 0 radical (unpaired) electrons. The van der Waals surface area contributed by atoms with Crippen LogP contribution in [0.25, 0.3) is 11.0 Å². The summed E-state index contributed by atoms with van der Waals surface area (Å²) in [6.45, 7) is 0. The fourth-order valence-electron chi connectivity index (χ4n) is 2.91. The van der Waals surface area contributed by atoms with Gasteiger partial charge in [0.25, 0.3) is 0 Å². The number of rotatable bonds is 7. The molecule has 0 saturated heterocycles. The smallest absolute Gasteiger partial charge is 0.422 e. The minimum atomic E-state index is -10.7. The van der Waals surface area contributed by atoms with Crippen LogP contribution in [-0.4, -0.2) is 71.5 Å². The molecular weight excluding hydrogens is 626 g/mol. The first kappa shape index (κ1) is 34.6. The van der Waals surface area contributed by atoms with Crippen LogP contribution in [-0.2, 0) is 4.57 Å². The van der Waals surface area contributed by atoms with Crippen molar-refractivity contribution in [3.63, 3.8) is 0 Å². The second kappa shape index (κ2) is 12.0. The molecule has 0 aliphatic heterocycles. The summed E-state index contributed by atoms with van der Waals surface area (Å²) in [6, 6.07) is 16.3. The molecule has 9 nitrogen and oxygen atoms in total. The Morgan fingerprint density at radius 1 is 0.816 bits per heavy atom. The molecule has 3 rings (SSSR count). The number of hydrogen-bond donors (Lipinski definition) is 0. The van der Waals surface area contributed by atoms with Crippen molar-refractivity contribution < 1.29 is 38.9 Å². The molecule has 0 aliphatic rings. The van der Waals surface area contributed by atoms with Crippen molar-refractivity contribution >= 4 is 55.3 Å². The fraction of sp³-hybridized carbons (Fsp3) is 0.333. The van der Waals surface area contributed by atoms with Crippen molar-refractivity contribution in [2.24, 2.45) is 0 Å². The largest absolute Gasteiger partial charge is 0.428 e. The van der Waals surface area contributed by atoms with Crippen LogP contribution in [0.4, 0.5) is 25.2 Å². The van der Waals surface area contributed by atoms with Crippen LogP contribution in [0.15, 0.2) is 54.6 Å². The minimum Gasteiger partial charge on any atom is -0.422 e. The molecule has 2 aromatic carbocycles. The molecule has 1 heterocycles. The predicted molar refractivity (Wildman–Crippen MR) is 142 cm³/mol. The first-order valence-corrected chi connectivity index (χ1v) is 17.2. The Morgan fingerprint density at radius 2 is 1.24 bits per heavy atom. The van der Waals surface area contributed by atoms with Crippen LogP contribution in [0.5, 0.6) is 5.75 Å². The van der Waals surface area contributed by atoms with Gasteiger partial charge >= 0.3 is 47.0 Å². The van der Waals surface area contributed by atoms with Crippen molar-refractivity contribution in [3.8, 4) is 5.75 Å². The van der Waals surface area contributed by atoms with E-state index < -0.39 is 21.8 Å². The topological polar surface area (TPSA) is 76.0 Å². The molecule has 0 fully saturated rings. The maximum Gasteiger partial charge on any atom is 0.428 e. The van der Waals surface area contributed by atoms with Gasteiger partial charge in [0.15, 0.2) is 0 Å². The van der Waals surface area contributed by atoms with E-state index in [1.165, 1.54) is 4.85 Å². The van der Waals surface area contributed by atoms with Gasteiger partial charge in [-0.05, 0) is 34.3 Å². The van der Waals surface area contributed by atoms with Gasteiger partial charge in [-0.25, -0.2) is 4.57 Å². The summed E-state index contributed by atoms with van der Waals surface area (Å²) < 4.78 is 87.1. The van der Waals surface area contributed by atoms with Gasteiger partial charge in [-0.2, -0.15) is 4.62 Å². The van der Waals surface area contributed by atoms with Crippen molar-refractivity contribution in [1.82, 2.24) is 29.2 Å². The first-order valence-electron chi connectivity index (χ1n) is 10.2. The third kappa shape index (κ3) is 13.1. The van der Waals surface area contributed by atoms with E-state index in [2.05, 4.69) is 28.8 Å². The molecule has 0 spiro atoms. The molecular formula is C18H27Cl2F6N6O3P3. The number of fused-ring (bicyclic) bond motifs is 1. The second-order valence-electron chi connectivity index (χ2n) is 7.86. The van der Waals surface area contributed by atoms with Crippen molar-refractivity contribution in [3.05, 3.63) is 54.6 Å². The Kier molecular flexibility index (Phi) is 10.9. The fourth-order valence-corrected chi connectivity index (χ4v) is 6.67. The van der Waals surface area contributed by atoms with Crippen LogP contribution in [0, 0.1) is 0 Å². The summed E-state index contributed by atoms with van der Waals surface area (Å²) >= 11 is 10.3. The van der Waals surface area contributed by atoms with Gasteiger partial charge in [-0.1, -0.05) is 30.3 Å². The second-order valence-corrected chi connectivity index (χ2v) is 17.6. The van der Waals surface area contributed by atoms with Crippen LogP contribution < -0.4 is 9.15 Å². The normalized spacial score (nSPS) is 14.2. The van der Waals surface area contributed by atoms with Gasteiger partial charge < -0.3 is 4.52 Å². The quantitative estimate of drug-likeness (QED) is 0.187. The molecule has 0 aliphatic carbocycles. The van der Waals surface area contributed by atoms with E-state index in [1.807, 2.05) is 66.6 Å². The zero-order valence-corrected chi connectivity index (χ0v) is 25.2. The first-order chi connectivity index (χ1) is 16.9. The molecule has 0 unspecified atom stereocenters. The van der Waals surface area contributed by atoms with E-state index in [-0.39, 0.29) is 0 Å². The molecule has 0 bridgehead atoms. The molecule has 38 heavy (non-hydrogen) atoms. The molecule has 0 saturated carbocycles. The monoisotopic (exact) mass is 652 g/mol. The average Bonchev–Trinajstić information content (AvgIpc) is 3.11. The van der Waals surface area contributed by atoms with E-state index in [4.69, 9.17) is 27.1 Å². The van der Waals surface area contributed by atoms with Gasteiger partial charge in [0.1, 0.15) is 16.8 Å². The Labute approximate surface area is 226 Å². The standard InChI is InChI=1S/C12H22N6OP.C6H5Cl2O2P.F6P/c1-15(2)20(16(3)4,17(5)6)19-18-12-10-8-7-9-11(12)13-14-18;7-11(8,9)10-6-4-2-1-3-5-6;1-7(2,3,4,5)6/h7-10H,1-6H3;1-5H;/q+1;;-1. The number of para-hydroxylation sites is 2. The minimum absolute atomic E-state index is 0.404. The van der Waals surface area contributed by atoms with E-state index in [0.29, 0.717) is 5.75 Å². The van der Waals surface area contributed by atoms with Crippen molar-refractivity contribution in [2.75, 3.05) is 42.3 Å². The molecule has 1 aromatic heterocycles. The number of hydrogen-bond acceptors (Lipinski definition) is 8. The van der Waals surface area contributed by atoms with Gasteiger partial charge in [0, 0.05) is 64.8 Å². The van der Waals surface area contributed by atoms with Crippen molar-refractivity contribution in [2.45, 2.75) is 0 Å². The van der Waals surface area contributed by atoms with Crippen LogP contribution in [0.1, 0.15) is 0 Å². The molecule has 218 valence electrons. The maximum atomic E-state index is 10.7. The Bertz CT molecular complexity index is 1200. The van der Waals surface area contributed by atoms with Crippen LogP contribution in [0.3, 0.4) is 0 Å². The van der Waals surface area contributed by atoms with E-state index >= 15 is 0 Å². The predicted octanol–water partition coefficient (Wildman–Crippen LogP) is 8.26. The van der Waals surface area contributed by atoms with Crippen LogP contribution >= 0.6 is 44.3 Å². The number of aromatic nitrogens is 3. The zero-order chi connectivity index (χ0) is 29.6. The maximum absolute atomic E-state index is 10.7. The summed E-state index contributed by atoms with van der Waals surface area (Å²) in [7, 11) is -0.761. The zero-order valence-electron chi connectivity index (χ0n) is 21.0. The number of benzene rings is 2. The van der Waals surface area contributed by atoms with Crippen molar-refractivity contribution in [1.29, 1.82) is 0 Å². The third-order valence-corrected chi connectivity index (χ3v) is 8.36. The molecule has 0 atom stereocenters. The summed E-state index contributed by atoms with van der Waals surface area (Å²) in [5.74, 6) is 0.404. The van der Waals surface area contributed by atoms with Gasteiger partial charge in [-0.3, -0.25) is 0 Å². The Hall–Kier alpha value is -1.43. The molecule has 20 heteroatoms. The van der Waals surface area contributed by atoms with E-state index in [9.17, 15) is 29.7 Å². The van der Waals surface area contributed by atoms with E-state index in [0.717, 1.165) is 11.0 Å². The van der Waals surface area contributed by atoms with Gasteiger partial charge in [0.2, 0.25) is 0 Å². The summed E-state index contributed by atoms with van der Waals surface area (Å²) in [4.78, 5) is 1.52. The molecule has 0 amide bonds. The van der Waals surface area contributed by atoms with E-state index in [1.54, 1.807) is 30.3 Å². The SMILES string of the molecule is CN(C)[P+](On1nnc2ccccc21)(N(C)C)N(C)C.F[P-](F)(F)(F)(F)F.O=P(Cl)(Cl)Oc1ccccc1. The Balaban J connectivity index is 0.000000336. The van der Waals surface area contributed by atoms with Crippen LogP contribution in [0.2, 0.25) is 0 Å². The molecule has 0 N–H and O–H groups in total. The number of nitrogens with zero attached hydrogens (tertiary/aromatic N) is 6. The average molecular weight is 653 g/mol. The third-order valence-electron chi connectivity index (χ3n) is 4.03. The summed E-state index contributed by atoms with van der Waals surface area (Å²) in [5, 5.41) is 8.25. The van der Waals surface area contributed by atoms with Gasteiger partial charge in [-0.15, -0.1) is 19.1 Å². The number of halogens is 8.